The topological polar surface area (TPSA) is 0 Å². The van der Waals surface area contributed by atoms with Crippen molar-refractivity contribution in [3.05, 3.63) is 34.9 Å². The zero-order valence-corrected chi connectivity index (χ0v) is 12.6. The largest absolute Gasteiger partial charge is 0.120 e. The zero-order valence-electron chi connectivity index (χ0n) is 12.6. The summed E-state index contributed by atoms with van der Waals surface area (Å²) in [5.41, 5.74) is 4.37. The predicted octanol–water partition coefficient (Wildman–Crippen LogP) is 5.82. The van der Waals surface area contributed by atoms with Crippen LogP contribution in [0.5, 0.6) is 0 Å². The Bertz CT molecular complexity index is 341. The van der Waals surface area contributed by atoms with E-state index in [4.69, 9.17) is 6.42 Å². The second-order valence-corrected chi connectivity index (χ2v) is 5.20. The predicted molar refractivity (Wildman–Crippen MR) is 83.5 cm³/mol. The molecule has 0 aliphatic rings. The van der Waals surface area contributed by atoms with Gasteiger partial charge in [0, 0.05) is 6.42 Å². The standard InChI is InChI=1S/C18H28/c1-6-7-8-12-17(4)14-10-15-18(5)13-9-11-16(2)3/h1,11-12,15H,7-10,13-14H2,2-5H3/b17-12+,18-15-. The Morgan fingerprint density at radius 1 is 0.833 bits per heavy atom. The van der Waals surface area contributed by atoms with Crippen LogP contribution in [-0.4, -0.2) is 0 Å². The van der Waals surface area contributed by atoms with Crippen molar-refractivity contribution in [2.75, 3.05) is 0 Å². The maximum Gasteiger partial charge on any atom is 0.0121 e. The fraction of sp³-hybridized carbons (Fsp3) is 0.556. The van der Waals surface area contributed by atoms with Gasteiger partial charge in [0.05, 0.1) is 0 Å². The maximum atomic E-state index is 5.23. The average Bonchev–Trinajstić information content (AvgIpc) is 2.29. The molecule has 18 heavy (non-hydrogen) atoms. The van der Waals surface area contributed by atoms with Crippen LogP contribution >= 0.6 is 0 Å². The number of allylic oxidation sites excluding steroid dienone is 6. The first-order valence-corrected chi connectivity index (χ1v) is 6.94. The Balaban J connectivity index is 3.83. The molecule has 0 rings (SSSR count). The Morgan fingerprint density at radius 2 is 1.33 bits per heavy atom. The number of unbranched alkanes of at least 4 members (excludes halogenated alkanes) is 1. The molecule has 0 saturated carbocycles. The van der Waals surface area contributed by atoms with Gasteiger partial charge < -0.3 is 0 Å². The fourth-order valence-electron chi connectivity index (χ4n) is 1.74. The van der Waals surface area contributed by atoms with Gasteiger partial charge in [0.15, 0.2) is 0 Å². The molecule has 0 radical (unpaired) electrons. The van der Waals surface area contributed by atoms with E-state index in [2.05, 4.69) is 51.8 Å². The molecule has 0 bridgehead atoms. The van der Waals surface area contributed by atoms with Crippen LogP contribution in [0.3, 0.4) is 0 Å². The van der Waals surface area contributed by atoms with Crippen LogP contribution in [0, 0.1) is 12.3 Å². The molecular formula is C18H28. The van der Waals surface area contributed by atoms with E-state index >= 15 is 0 Å². The van der Waals surface area contributed by atoms with Crippen molar-refractivity contribution in [3.8, 4) is 12.3 Å². The monoisotopic (exact) mass is 244 g/mol. The molecule has 100 valence electrons. The normalized spacial score (nSPS) is 12.2. The van der Waals surface area contributed by atoms with Gasteiger partial charge >= 0.3 is 0 Å². The van der Waals surface area contributed by atoms with Gasteiger partial charge in [0.2, 0.25) is 0 Å². The smallest absolute Gasteiger partial charge is 0.0121 e. The van der Waals surface area contributed by atoms with Crippen LogP contribution in [-0.2, 0) is 0 Å². The van der Waals surface area contributed by atoms with Gasteiger partial charge in [0.1, 0.15) is 0 Å². The molecular weight excluding hydrogens is 216 g/mol. The zero-order chi connectivity index (χ0) is 13.8. The third-order valence-corrected chi connectivity index (χ3v) is 2.90. The minimum Gasteiger partial charge on any atom is -0.120 e. The lowest BCUT2D eigenvalue weighted by Gasteiger charge is -2.01. The van der Waals surface area contributed by atoms with Crippen molar-refractivity contribution < 1.29 is 0 Å². The summed E-state index contributed by atoms with van der Waals surface area (Å²) in [5.74, 6) is 2.67. The molecule has 0 amide bonds. The van der Waals surface area contributed by atoms with E-state index in [-0.39, 0.29) is 0 Å². The van der Waals surface area contributed by atoms with E-state index in [0.29, 0.717) is 0 Å². The van der Waals surface area contributed by atoms with Gasteiger partial charge in [-0.05, 0) is 59.8 Å². The quantitative estimate of drug-likeness (QED) is 0.287. The Kier molecular flexibility index (Phi) is 10.2. The molecule has 0 spiro atoms. The molecule has 0 aromatic carbocycles. The van der Waals surface area contributed by atoms with Crippen molar-refractivity contribution in [1.82, 2.24) is 0 Å². The molecule has 0 atom stereocenters. The van der Waals surface area contributed by atoms with Gasteiger partial charge in [0.25, 0.3) is 0 Å². The van der Waals surface area contributed by atoms with Crippen LogP contribution < -0.4 is 0 Å². The van der Waals surface area contributed by atoms with Gasteiger partial charge in [-0.3, -0.25) is 0 Å². The highest BCUT2D eigenvalue weighted by Gasteiger charge is 1.91. The third-order valence-electron chi connectivity index (χ3n) is 2.90. The van der Waals surface area contributed by atoms with Gasteiger partial charge in [-0.15, -0.1) is 12.3 Å². The summed E-state index contributed by atoms with van der Waals surface area (Å²) in [6.07, 6.45) is 18.7. The van der Waals surface area contributed by atoms with Crippen LogP contribution in [0.1, 0.15) is 66.2 Å². The second kappa shape index (κ2) is 10.9. The Morgan fingerprint density at radius 3 is 1.83 bits per heavy atom. The van der Waals surface area contributed by atoms with Crippen molar-refractivity contribution in [3.63, 3.8) is 0 Å². The van der Waals surface area contributed by atoms with E-state index in [9.17, 15) is 0 Å². The highest BCUT2D eigenvalue weighted by Crippen LogP contribution is 2.11. The van der Waals surface area contributed by atoms with Gasteiger partial charge in [-0.2, -0.15) is 0 Å². The molecule has 0 unspecified atom stereocenters. The SMILES string of the molecule is C#CCC/C=C(\C)CC/C=C(/C)CCC=C(C)C. The Hall–Kier alpha value is -1.22. The summed E-state index contributed by atoms with van der Waals surface area (Å²) in [7, 11) is 0. The number of hydrogen-bond acceptors (Lipinski definition) is 0. The lowest BCUT2D eigenvalue weighted by molar-refractivity contribution is 0.909. The molecule has 0 N–H and O–H groups in total. The molecule has 0 aromatic heterocycles. The van der Waals surface area contributed by atoms with Crippen LogP contribution in [0.4, 0.5) is 0 Å². The molecule has 0 aliphatic carbocycles. The number of terminal acetylenes is 1. The van der Waals surface area contributed by atoms with E-state index in [1.807, 2.05) is 0 Å². The average molecular weight is 244 g/mol. The van der Waals surface area contributed by atoms with Crippen molar-refractivity contribution in [2.45, 2.75) is 66.2 Å². The summed E-state index contributed by atoms with van der Waals surface area (Å²) >= 11 is 0. The first-order chi connectivity index (χ1) is 8.56. The molecule has 0 saturated heterocycles. The molecule has 0 heterocycles. The second-order valence-electron chi connectivity index (χ2n) is 5.20. The molecule has 0 fully saturated rings. The fourth-order valence-corrected chi connectivity index (χ4v) is 1.74. The summed E-state index contributed by atoms with van der Waals surface area (Å²) in [6, 6.07) is 0. The van der Waals surface area contributed by atoms with Crippen molar-refractivity contribution in [1.29, 1.82) is 0 Å². The van der Waals surface area contributed by atoms with Crippen LogP contribution in [0.25, 0.3) is 0 Å². The van der Waals surface area contributed by atoms with E-state index in [0.717, 1.165) is 25.7 Å². The lowest BCUT2D eigenvalue weighted by atomic mass is 10.1. The minimum atomic E-state index is 0.856. The van der Waals surface area contributed by atoms with E-state index in [1.165, 1.54) is 29.6 Å². The minimum absolute atomic E-state index is 0.856. The molecule has 0 nitrogen and oxygen atoms in total. The van der Waals surface area contributed by atoms with Gasteiger partial charge in [-0.1, -0.05) is 34.9 Å². The lowest BCUT2D eigenvalue weighted by Crippen LogP contribution is -1.81. The molecule has 0 heteroatoms. The molecule has 0 aliphatic heterocycles. The van der Waals surface area contributed by atoms with E-state index in [1.54, 1.807) is 0 Å². The highest BCUT2D eigenvalue weighted by atomic mass is 14.0. The van der Waals surface area contributed by atoms with Gasteiger partial charge in [-0.25, -0.2) is 0 Å². The first kappa shape index (κ1) is 16.8. The number of hydrogen-bond donors (Lipinski definition) is 0. The van der Waals surface area contributed by atoms with Crippen LogP contribution in [0.15, 0.2) is 34.9 Å². The van der Waals surface area contributed by atoms with Crippen LogP contribution in [0.2, 0.25) is 0 Å². The first-order valence-electron chi connectivity index (χ1n) is 6.94. The Labute approximate surface area is 114 Å². The summed E-state index contributed by atoms with van der Waals surface area (Å²) in [4.78, 5) is 0. The van der Waals surface area contributed by atoms with Crippen molar-refractivity contribution >= 4 is 0 Å². The molecule has 0 aromatic rings. The summed E-state index contributed by atoms with van der Waals surface area (Å²) in [5, 5.41) is 0. The summed E-state index contributed by atoms with van der Waals surface area (Å²) < 4.78 is 0. The maximum absolute atomic E-state index is 5.23. The number of rotatable bonds is 8. The van der Waals surface area contributed by atoms with Crippen molar-refractivity contribution in [2.24, 2.45) is 0 Å². The highest BCUT2D eigenvalue weighted by molar-refractivity contribution is 5.05. The summed E-state index contributed by atoms with van der Waals surface area (Å²) in [6.45, 7) is 8.74. The third kappa shape index (κ3) is 11.3. The van der Waals surface area contributed by atoms with E-state index < -0.39 is 0 Å².